The summed E-state index contributed by atoms with van der Waals surface area (Å²) < 4.78 is 4.39. The summed E-state index contributed by atoms with van der Waals surface area (Å²) >= 11 is 0. The van der Waals surface area contributed by atoms with E-state index in [-0.39, 0.29) is 11.4 Å². The van der Waals surface area contributed by atoms with E-state index in [2.05, 4.69) is 4.74 Å². The van der Waals surface area contributed by atoms with Crippen molar-refractivity contribution < 1.29 is 19.6 Å². The van der Waals surface area contributed by atoms with Gasteiger partial charge in [-0.2, -0.15) is 0 Å². The molecule has 6 nitrogen and oxygen atoms in total. The Morgan fingerprint density at radius 1 is 1.15 bits per heavy atom. The van der Waals surface area contributed by atoms with Crippen molar-refractivity contribution in [2.45, 2.75) is 6.92 Å². The zero-order valence-corrected chi connectivity index (χ0v) is 10.6. The summed E-state index contributed by atoms with van der Waals surface area (Å²) in [6.45, 7) is 1.94. The van der Waals surface area contributed by atoms with Crippen molar-refractivity contribution in [3.63, 3.8) is 0 Å². The number of nitro benzene ring substituents is 1. The van der Waals surface area contributed by atoms with Gasteiger partial charge >= 0.3 is 11.8 Å². The Balaban J connectivity index is 2.47. The highest BCUT2D eigenvalue weighted by atomic mass is 16.7. The van der Waals surface area contributed by atoms with E-state index in [1.165, 1.54) is 12.1 Å². The quantitative estimate of drug-likeness (QED) is 0.399. The Labute approximate surface area is 114 Å². The van der Waals surface area contributed by atoms with Gasteiger partial charge in [-0.1, -0.05) is 35.9 Å². The van der Waals surface area contributed by atoms with Crippen LogP contribution in [-0.4, -0.2) is 16.2 Å². The molecule has 20 heavy (non-hydrogen) atoms. The molecule has 0 aromatic heterocycles. The SMILES string of the molecule is Cc1ccc(-c2ccc(OC(=O)O)c([N+](=O)[O-])c2)cc1. The number of carboxylic acid groups (broad SMARTS) is 1. The monoisotopic (exact) mass is 273 g/mol. The van der Waals surface area contributed by atoms with Crippen LogP contribution in [0.15, 0.2) is 42.5 Å². The first-order valence-electron chi connectivity index (χ1n) is 5.73. The van der Waals surface area contributed by atoms with Gasteiger partial charge < -0.3 is 9.84 Å². The molecule has 0 saturated heterocycles. The highest BCUT2D eigenvalue weighted by Crippen LogP contribution is 2.32. The third-order valence-corrected chi connectivity index (χ3v) is 2.74. The van der Waals surface area contributed by atoms with Gasteiger partial charge in [-0.25, -0.2) is 4.79 Å². The van der Waals surface area contributed by atoms with Crippen molar-refractivity contribution in [1.82, 2.24) is 0 Å². The maximum absolute atomic E-state index is 11.0. The number of hydrogen-bond donors (Lipinski definition) is 1. The predicted molar refractivity (Wildman–Crippen MR) is 71.9 cm³/mol. The molecule has 0 spiro atoms. The molecule has 0 heterocycles. The van der Waals surface area contributed by atoms with Crippen LogP contribution < -0.4 is 4.74 Å². The van der Waals surface area contributed by atoms with E-state index in [1.54, 1.807) is 6.07 Å². The van der Waals surface area contributed by atoms with E-state index in [0.717, 1.165) is 11.1 Å². The molecule has 0 fully saturated rings. The molecule has 0 bridgehead atoms. The molecule has 2 aromatic rings. The Hall–Kier alpha value is -2.89. The molecule has 0 amide bonds. The lowest BCUT2D eigenvalue weighted by molar-refractivity contribution is -0.385. The van der Waals surface area contributed by atoms with Crippen LogP contribution in [0, 0.1) is 17.0 Å². The van der Waals surface area contributed by atoms with Gasteiger partial charge in [0.15, 0.2) is 0 Å². The first-order chi connectivity index (χ1) is 9.47. The molecule has 0 aliphatic heterocycles. The molecular weight excluding hydrogens is 262 g/mol. The Bertz CT molecular complexity index is 664. The van der Waals surface area contributed by atoms with Crippen LogP contribution in [0.3, 0.4) is 0 Å². The molecule has 6 heteroatoms. The number of nitro groups is 1. The number of aryl methyl sites for hydroxylation is 1. The fourth-order valence-corrected chi connectivity index (χ4v) is 1.77. The van der Waals surface area contributed by atoms with Gasteiger partial charge in [-0.15, -0.1) is 0 Å². The van der Waals surface area contributed by atoms with Gasteiger partial charge in [0.1, 0.15) is 0 Å². The largest absolute Gasteiger partial charge is 0.511 e. The first-order valence-corrected chi connectivity index (χ1v) is 5.73. The third-order valence-electron chi connectivity index (χ3n) is 2.74. The number of carbonyl (C=O) groups is 1. The molecule has 0 radical (unpaired) electrons. The molecule has 0 unspecified atom stereocenters. The van der Waals surface area contributed by atoms with Gasteiger partial charge in [-0.05, 0) is 24.1 Å². The lowest BCUT2D eigenvalue weighted by atomic mass is 10.0. The minimum atomic E-state index is -1.59. The molecule has 0 aliphatic rings. The second-order valence-corrected chi connectivity index (χ2v) is 4.17. The molecule has 102 valence electrons. The minimum Gasteiger partial charge on any atom is -0.449 e. The van der Waals surface area contributed by atoms with E-state index < -0.39 is 11.1 Å². The van der Waals surface area contributed by atoms with Crippen molar-refractivity contribution in [2.75, 3.05) is 0 Å². The Kier molecular flexibility index (Phi) is 3.65. The number of ether oxygens (including phenoxy) is 1. The fourth-order valence-electron chi connectivity index (χ4n) is 1.77. The molecule has 0 saturated carbocycles. The maximum Gasteiger partial charge on any atom is 0.511 e. The van der Waals surface area contributed by atoms with Gasteiger partial charge in [0, 0.05) is 6.07 Å². The van der Waals surface area contributed by atoms with E-state index in [0.29, 0.717) is 5.56 Å². The van der Waals surface area contributed by atoms with Crippen LogP contribution in [0.4, 0.5) is 10.5 Å². The van der Waals surface area contributed by atoms with Crippen LogP contribution in [-0.2, 0) is 0 Å². The van der Waals surface area contributed by atoms with E-state index in [9.17, 15) is 14.9 Å². The van der Waals surface area contributed by atoms with Gasteiger partial charge in [0.25, 0.3) is 0 Å². The van der Waals surface area contributed by atoms with Crippen molar-refractivity contribution in [1.29, 1.82) is 0 Å². The van der Waals surface area contributed by atoms with Gasteiger partial charge in [0.2, 0.25) is 5.75 Å². The Morgan fingerprint density at radius 2 is 1.75 bits per heavy atom. The van der Waals surface area contributed by atoms with Gasteiger partial charge in [-0.3, -0.25) is 10.1 Å². The predicted octanol–water partition coefficient (Wildman–Crippen LogP) is 3.63. The normalized spacial score (nSPS) is 10.1. The Morgan fingerprint density at radius 3 is 2.30 bits per heavy atom. The molecule has 2 rings (SSSR count). The summed E-state index contributed by atoms with van der Waals surface area (Å²) in [7, 11) is 0. The summed E-state index contributed by atoms with van der Waals surface area (Å²) in [5.74, 6) is -0.293. The summed E-state index contributed by atoms with van der Waals surface area (Å²) in [4.78, 5) is 20.8. The summed E-state index contributed by atoms with van der Waals surface area (Å²) in [5.41, 5.74) is 2.12. The van der Waals surface area contributed by atoms with E-state index in [4.69, 9.17) is 5.11 Å². The summed E-state index contributed by atoms with van der Waals surface area (Å²) in [6, 6.07) is 11.6. The van der Waals surface area contributed by atoms with Crippen LogP contribution in [0.5, 0.6) is 5.75 Å². The van der Waals surface area contributed by atoms with Crippen molar-refractivity contribution in [3.05, 3.63) is 58.1 Å². The topological polar surface area (TPSA) is 89.7 Å². The van der Waals surface area contributed by atoms with Crippen molar-refractivity contribution in [2.24, 2.45) is 0 Å². The van der Waals surface area contributed by atoms with E-state index >= 15 is 0 Å². The van der Waals surface area contributed by atoms with Crippen LogP contribution >= 0.6 is 0 Å². The zero-order chi connectivity index (χ0) is 14.7. The second kappa shape index (κ2) is 5.40. The van der Waals surface area contributed by atoms with Crippen LogP contribution in [0.25, 0.3) is 11.1 Å². The van der Waals surface area contributed by atoms with Crippen LogP contribution in [0.2, 0.25) is 0 Å². The molecule has 0 atom stereocenters. The zero-order valence-electron chi connectivity index (χ0n) is 10.6. The second-order valence-electron chi connectivity index (χ2n) is 4.17. The van der Waals surface area contributed by atoms with Crippen molar-refractivity contribution >= 4 is 11.8 Å². The smallest absolute Gasteiger partial charge is 0.449 e. The molecule has 0 aliphatic carbocycles. The lowest BCUT2D eigenvalue weighted by Gasteiger charge is -2.05. The number of hydrogen-bond acceptors (Lipinski definition) is 4. The average Bonchev–Trinajstić information content (AvgIpc) is 2.39. The standard InChI is InChI=1S/C14H11NO5/c1-9-2-4-10(5-3-9)11-6-7-13(20-14(16)17)12(8-11)15(18)19/h2-8H,1H3,(H,16,17). The summed E-state index contributed by atoms with van der Waals surface area (Å²) in [5, 5.41) is 19.5. The van der Waals surface area contributed by atoms with Crippen LogP contribution in [0.1, 0.15) is 5.56 Å². The van der Waals surface area contributed by atoms with Gasteiger partial charge in [0.05, 0.1) is 4.92 Å². The van der Waals surface area contributed by atoms with E-state index in [1.807, 2.05) is 31.2 Å². The number of benzene rings is 2. The molecule has 1 N–H and O–H groups in total. The summed E-state index contributed by atoms with van der Waals surface area (Å²) in [6.07, 6.45) is -1.59. The molecule has 2 aromatic carbocycles. The fraction of sp³-hybridized carbons (Fsp3) is 0.0714. The maximum atomic E-state index is 11.0. The highest BCUT2D eigenvalue weighted by molar-refractivity contribution is 5.71. The lowest BCUT2D eigenvalue weighted by Crippen LogP contribution is -2.05. The van der Waals surface area contributed by atoms with Crippen molar-refractivity contribution in [3.8, 4) is 16.9 Å². The average molecular weight is 273 g/mol. The number of nitrogens with zero attached hydrogens (tertiary/aromatic N) is 1. The molecular formula is C14H11NO5. The first kappa shape index (κ1) is 13.5. The number of rotatable bonds is 3. The third kappa shape index (κ3) is 2.92. The highest BCUT2D eigenvalue weighted by Gasteiger charge is 2.18. The minimum absolute atomic E-state index is 0.293.